The Morgan fingerprint density at radius 3 is 1.96 bits per heavy atom. The average molecular weight is 348 g/mol. The minimum atomic E-state index is -1.19. The molecule has 0 fully saturated rings. The van der Waals surface area contributed by atoms with E-state index in [-0.39, 0.29) is 17.7 Å². The summed E-state index contributed by atoms with van der Waals surface area (Å²) in [5, 5.41) is 8.18. The molecule has 0 atom stereocenters. The van der Waals surface area contributed by atoms with E-state index in [2.05, 4.69) is 16.0 Å². The molecule has 3 amide bonds. The monoisotopic (exact) mass is 348 g/mol. The van der Waals surface area contributed by atoms with Crippen molar-refractivity contribution in [1.29, 1.82) is 0 Å². The molecule has 138 valence electrons. The second kappa shape index (κ2) is 9.17. The molecular weight excluding hydrogens is 320 g/mol. The van der Waals surface area contributed by atoms with Crippen molar-refractivity contribution >= 4 is 29.1 Å². The first kappa shape index (κ1) is 20.6. The van der Waals surface area contributed by atoms with E-state index in [9.17, 15) is 14.4 Å². The van der Waals surface area contributed by atoms with E-state index in [1.165, 1.54) is 6.92 Å². The number of benzene rings is 1. The van der Waals surface area contributed by atoms with E-state index in [1.54, 1.807) is 38.1 Å². The number of carbonyl (C=O) groups excluding carboxylic acids is 3. The van der Waals surface area contributed by atoms with Crippen molar-refractivity contribution in [3.05, 3.63) is 24.3 Å². The Labute approximate surface area is 149 Å². The van der Waals surface area contributed by atoms with Crippen molar-refractivity contribution in [2.24, 2.45) is 5.41 Å². The van der Waals surface area contributed by atoms with Crippen LogP contribution in [0.3, 0.4) is 0 Å². The third-order valence-electron chi connectivity index (χ3n) is 3.67. The standard InChI is InChI=1S/C18H28N4O3/c1-13(23)20-14-7-9-15(10-8-14)21-17(25)18(2,3)16(24)19-11-6-12-22(4)5/h7-10H,6,11-12H2,1-5H3,(H,19,24)(H,20,23)(H,21,25). The smallest absolute Gasteiger partial charge is 0.239 e. The Hall–Kier alpha value is -2.41. The Kier molecular flexibility index (Phi) is 7.57. The highest BCUT2D eigenvalue weighted by atomic mass is 16.2. The lowest BCUT2D eigenvalue weighted by Gasteiger charge is -2.23. The van der Waals surface area contributed by atoms with E-state index < -0.39 is 5.41 Å². The lowest BCUT2D eigenvalue weighted by Crippen LogP contribution is -2.45. The third-order valence-corrected chi connectivity index (χ3v) is 3.67. The van der Waals surface area contributed by atoms with Gasteiger partial charge in [-0.1, -0.05) is 0 Å². The van der Waals surface area contributed by atoms with Gasteiger partial charge in [0, 0.05) is 24.8 Å². The fourth-order valence-corrected chi connectivity index (χ4v) is 2.05. The van der Waals surface area contributed by atoms with Gasteiger partial charge >= 0.3 is 0 Å². The third kappa shape index (κ3) is 6.93. The number of amides is 3. The zero-order valence-corrected chi connectivity index (χ0v) is 15.6. The van der Waals surface area contributed by atoms with E-state index in [0.717, 1.165) is 13.0 Å². The van der Waals surface area contributed by atoms with Gasteiger partial charge in [-0.3, -0.25) is 14.4 Å². The Morgan fingerprint density at radius 2 is 1.48 bits per heavy atom. The summed E-state index contributed by atoms with van der Waals surface area (Å²) in [7, 11) is 3.94. The summed E-state index contributed by atoms with van der Waals surface area (Å²) in [4.78, 5) is 37.7. The van der Waals surface area contributed by atoms with Crippen LogP contribution in [0.15, 0.2) is 24.3 Å². The molecule has 1 aromatic carbocycles. The number of rotatable bonds is 8. The van der Waals surface area contributed by atoms with Gasteiger partial charge in [0.25, 0.3) is 0 Å². The molecule has 7 heteroatoms. The predicted octanol–water partition coefficient (Wildman–Crippen LogP) is 1.68. The summed E-state index contributed by atoms with van der Waals surface area (Å²) >= 11 is 0. The summed E-state index contributed by atoms with van der Waals surface area (Å²) in [6, 6.07) is 6.72. The van der Waals surface area contributed by atoms with Crippen molar-refractivity contribution < 1.29 is 14.4 Å². The van der Waals surface area contributed by atoms with Crippen LogP contribution in [-0.2, 0) is 14.4 Å². The molecule has 3 N–H and O–H groups in total. The lowest BCUT2D eigenvalue weighted by atomic mass is 9.91. The van der Waals surface area contributed by atoms with Crippen molar-refractivity contribution in [1.82, 2.24) is 10.2 Å². The highest BCUT2D eigenvalue weighted by Gasteiger charge is 2.35. The van der Waals surface area contributed by atoms with E-state index in [4.69, 9.17) is 0 Å². The largest absolute Gasteiger partial charge is 0.355 e. The normalized spacial score (nSPS) is 11.1. The minimum Gasteiger partial charge on any atom is -0.355 e. The molecule has 0 aliphatic heterocycles. The molecule has 0 radical (unpaired) electrons. The van der Waals surface area contributed by atoms with Gasteiger partial charge in [0.05, 0.1) is 0 Å². The fourth-order valence-electron chi connectivity index (χ4n) is 2.05. The zero-order chi connectivity index (χ0) is 19.0. The number of hydrogen-bond acceptors (Lipinski definition) is 4. The lowest BCUT2D eigenvalue weighted by molar-refractivity contribution is -0.138. The molecule has 25 heavy (non-hydrogen) atoms. The molecule has 0 spiro atoms. The van der Waals surface area contributed by atoms with Crippen LogP contribution in [0.5, 0.6) is 0 Å². The van der Waals surface area contributed by atoms with Crippen molar-refractivity contribution in [3.8, 4) is 0 Å². The van der Waals surface area contributed by atoms with Crippen LogP contribution in [-0.4, -0.2) is 49.8 Å². The summed E-state index contributed by atoms with van der Waals surface area (Å²) < 4.78 is 0. The van der Waals surface area contributed by atoms with Crippen LogP contribution in [0.25, 0.3) is 0 Å². The van der Waals surface area contributed by atoms with Gasteiger partial charge in [0.15, 0.2) is 0 Å². The Balaban J connectivity index is 2.58. The van der Waals surface area contributed by atoms with E-state index in [0.29, 0.717) is 17.9 Å². The molecule has 0 saturated carbocycles. The molecule has 0 unspecified atom stereocenters. The van der Waals surface area contributed by atoms with Gasteiger partial charge < -0.3 is 20.9 Å². The summed E-state index contributed by atoms with van der Waals surface area (Å²) in [5.41, 5.74) is 0.0185. The number of carbonyl (C=O) groups is 3. The van der Waals surface area contributed by atoms with Crippen LogP contribution >= 0.6 is 0 Å². The summed E-state index contributed by atoms with van der Waals surface area (Å²) in [5.74, 6) is -0.854. The van der Waals surface area contributed by atoms with Crippen LogP contribution in [0.1, 0.15) is 27.2 Å². The highest BCUT2D eigenvalue weighted by Crippen LogP contribution is 2.20. The van der Waals surface area contributed by atoms with Gasteiger partial charge in [0.2, 0.25) is 17.7 Å². The van der Waals surface area contributed by atoms with Gasteiger partial charge in [-0.05, 0) is 65.2 Å². The second-order valence-corrected chi connectivity index (χ2v) is 6.75. The maximum Gasteiger partial charge on any atom is 0.239 e. The van der Waals surface area contributed by atoms with E-state index in [1.807, 2.05) is 19.0 Å². The Bertz CT molecular complexity index is 609. The van der Waals surface area contributed by atoms with Crippen LogP contribution < -0.4 is 16.0 Å². The molecule has 0 heterocycles. The fraction of sp³-hybridized carbons (Fsp3) is 0.500. The van der Waals surface area contributed by atoms with Crippen molar-refractivity contribution in [2.45, 2.75) is 27.2 Å². The van der Waals surface area contributed by atoms with Crippen LogP contribution in [0.2, 0.25) is 0 Å². The molecule has 0 aliphatic carbocycles. The molecule has 1 aromatic rings. The average Bonchev–Trinajstić information content (AvgIpc) is 2.52. The SMILES string of the molecule is CC(=O)Nc1ccc(NC(=O)C(C)(C)C(=O)NCCCN(C)C)cc1. The summed E-state index contributed by atoms with van der Waals surface area (Å²) in [6.45, 7) is 6.01. The highest BCUT2D eigenvalue weighted by molar-refractivity contribution is 6.09. The van der Waals surface area contributed by atoms with Crippen LogP contribution in [0, 0.1) is 5.41 Å². The maximum atomic E-state index is 12.4. The van der Waals surface area contributed by atoms with Crippen LogP contribution in [0.4, 0.5) is 11.4 Å². The first-order valence-electron chi connectivity index (χ1n) is 8.25. The maximum absolute atomic E-state index is 12.4. The number of anilines is 2. The quantitative estimate of drug-likeness (QED) is 0.492. The van der Waals surface area contributed by atoms with Gasteiger partial charge in [-0.25, -0.2) is 0 Å². The molecule has 0 aliphatic rings. The molecule has 1 rings (SSSR count). The number of nitrogens with zero attached hydrogens (tertiary/aromatic N) is 1. The number of hydrogen-bond donors (Lipinski definition) is 3. The first-order chi connectivity index (χ1) is 11.6. The Morgan fingerprint density at radius 1 is 0.960 bits per heavy atom. The van der Waals surface area contributed by atoms with Gasteiger partial charge in [-0.2, -0.15) is 0 Å². The molecule has 7 nitrogen and oxygen atoms in total. The van der Waals surface area contributed by atoms with Gasteiger partial charge in [0.1, 0.15) is 5.41 Å². The molecule has 0 bridgehead atoms. The van der Waals surface area contributed by atoms with E-state index >= 15 is 0 Å². The number of nitrogens with one attached hydrogen (secondary N) is 3. The van der Waals surface area contributed by atoms with Crippen molar-refractivity contribution in [2.75, 3.05) is 37.8 Å². The molecular formula is C18H28N4O3. The predicted molar refractivity (Wildman–Crippen MR) is 99.3 cm³/mol. The zero-order valence-electron chi connectivity index (χ0n) is 15.6. The van der Waals surface area contributed by atoms with Gasteiger partial charge in [-0.15, -0.1) is 0 Å². The first-order valence-corrected chi connectivity index (χ1v) is 8.25. The minimum absolute atomic E-state index is 0.163. The molecule has 0 aromatic heterocycles. The van der Waals surface area contributed by atoms with Crippen molar-refractivity contribution in [3.63, 3.8) is 0 Å². The second-order valence-electron chi connectivity index (χ2n) is 6.75. The summed E-state index contributed by atoms with van der Waals surface area (Å²) in [6.07, 6.45) is 0.820. The molecule has 0 saturated heterocycles. The topological polar surface area (TPSA) is 90.5 Å².